The monoisotopic (exact) mass is 215 g/mol. The van der Waals surface area contributed by atoms with Gasteiger partial charge in [-0.15, -0.1) is 0 Å². The molecule has 1 aromatic carbocycles. The van der Waals surface area contributed by atoms with Gasteiger partial charge in [-0.25, -0.2) is 4.98 Å². The molecule has 0 atom stereocenters. The minimum absolute atomic E-state index is 0.912. The Bertz CT molecular complexity index is 492. The van der Waals surface area contributed by atoms with Gasteiger partial charge in [0, 0.05) is 19.0 Å². The molecule has 1 aromatic heterocycles. The van der Waals surface area contributed by atoms with Crippen LogP contribution in [0.15, 0.2) is 30.3 Å². The topological polar surface area (TPSA) is 28.2 Å². The van der Waals surface area contributed by atoms with Gasteiger partial charge in [0.05, 0.1) is 5.52 Å². The molecule has 1 N–H and O–H groups in total. The van der Waals surface area contributed by atoms with Crippen LogP contribution in [0.25, 0.3) is 10.9 Å². The molecule has 0 bridgehead atoms. The lowest BCUT2D eigenvalue weighted by molar-refractivity contribution is 0.402. The molecule has 0 aliphatic rings. The molecule has 2 rings (SSSR count). The highest BCUT2D eigenvalue weighted by Gasteiger charge is 2.00. The van der Waals surface area contributed by atoms with Gasteiger partial charge in [-0.2, -0.15) is 0 Å². The summed E-state index contributed by atoms with van der Waals surface area (Å²) in [5.41, 5.74) is 2.34. The van der Waals surface area contributed by atoms with Gasteiger partial charge in [0.25, 0.3) is 0 Å². The van der Waals surface area contributed by atoms with Crippen molar-refractivity contribution >= 4 is 16.7 Å². The number of hydrogen-bond acceptors (Lipinski definition) is 3. The van der Waals surface area contributed by atoms with E-state index in [1.807, 2.05) is 13.1 Å². The van der Waals surface area contributed by atoms with Crippen molar-refractivity contribution in [2.45, 2.75) is 6.54 Å². The third-order valence-electron chi connectivity index (χ3n) is 2.51. The molecule has 0 aliphatic heterocycles. The molecule has 0 radical (unpaired) electrons. The van der Waals surface area contributed by atoms with E-state index in [1.165, 1.54) is 10.9 Å². The van der Waals surface area contributed by atoms with Crippen molar-refractivity contribution in [3.05, 3.63) is 35.9 Å². The van der Waals surface area contributed by atoms with E-state index in [0.717, 1.165) is 17.9 Å². The SMILES string of the molecule is CNc1ccc2ccc(CN(C)C)cc2n1. The predicted octanol–water partition coefficient (Wildman–Crippen LogP) is 2.34. The normalized spacial score (nSPS) is 11.0. The fourth-order valence-corrected chi connectivity index (χ4v) is 1.77. The molecule has 0 spiro atoms. The van der Waals surface area contributed by atoms with Gasteiger partial charge in [0.2, 0.25) is 0 Å². The number of rotatable bonds is 3. The van der Waals surface area contributed by atoms with Crippen molar-refractivity contribution < 1.29 is 0 Å². The number of nitrogens with one attached hydrogen (secondary N) is 1. The van der Waals surface area contributed by atoms with Gasteiger partial charge in [-0.3, -0.25) is 0 Å². The van der Waals surface area contributed by atoms with Crippen molar-refractivity contribution in [3.8, 4) is 0 Å². The summed E-state index contributed by atoms with van der Waals surface area (Å²) in [5.74, 6) is 0.912. The molecule has 84 valence electrons. The Hall–Kier alpha value is -1.61. The van der Waals surface area contributed by atoms with Crippen LogP contribution in [0.1, 0.15) is 5.56 Å². The second-order valence-corrected chi connectivity index (χ2v) is 4.21. The molecule has 16 heavy (non-hydrogen) atoms. The smallest absolute Gasteiger partial charge is 0.126 e. The van der Waals surface area contributed by atoms with Gasteiger partial charge in [-0.05, 0) is 37.9 Å². The van der Waals surface area contributed by atoms with Crippen molar-refractivity contribution in [1.29, 1.82) is 0 Å². The van der Waals surface area contributed by atoms with Crippen LogP contribution in [0.5, 0.6) is 0 Å². The Balaban J connectivity index is 2.42. The molecule has 0 saturated carbocycles. The van der Waals surface area contributed by atoms with Crippen LogP contribution in [0.4, 0.5) is 5.82 Å². The van der Waals surface area contributed by atoms with E-state index in [1.54, 1.807) is 0 Å². The first-order valence-corrected chi connectivity index (χ1v) is 5.41. The molecular weight excluding hydrogens is 198 g/mol. The highest BCUT2D eigenvalue weighted by molar-refractivity contribution is 5.80. The van der Waals surface area contributed by atoms with Crippen LogP contribution in [-0.4, -0.2) is 31.0 Å². The van der Waals surface area contributed by atoms with Crippen LogP contribution in [0.2, 0.25) is 0 Å². The Labute approximate surface area is 96.1 Å². The summed E-state index contributed by atoms with van der Waals surface area (Å²) in [6, 6.07) is 10.5. The third kappa shape index (κ3) is 2.31. The summed E-state index contributed by atoms with van der Waals surface area (Å²) in [6.45, 7) is 0.946. The maximum Gasteiger partial charge on any atom is 0.126 e. The fraction of sp³-hybridized carbons (Fsp3) is 0.308. The van der Waals surface area contributed by atoms with Gasteiger partial charge in [0.1, 0.15) is 5.82 Å². The highest BCUT2D eigenvalue weighted by atomic mass is 15.0. The van der Waals surface area contributed by atoms with Crippen LogP contribution in [-0.2, 0) is 6.54 Å². The minimum Gasteiger partial charge on any atom is -0.373 e. The molecule has 2 aromatic rings. The molecule has 0 unspecified atom stereocenters. The van der Waals surface area contributed by atoms with Gasteiger partial charge >= 0.3 is 0 Å². The molecule has 0 aliphatic carbocycles. The van der Waals surface area contributed by atoms with E-state index >= 15 is 0 Å². The van der Waals surface area contributed by atoms with E-state index in [9.17, 15) is 0 Å². The summed E-state index contributed by atoms with van der Waals surface area (Å²) < 4.78 is 0. The Morgan fingerprint density at radius 2 is 1.94 bits per heavy atom. The number of anilines is 1. The average molecular weight is 215 g/mol. The predicted molar refractivity (Wildman–Crippen MR) is 68.7 cm³/mol. The maximum absolute atomic E-state index is 4.53. The first-order chi connectivity index (χ1) is 7.69. The minimum atomic E-state index is 0.912. The molecule has 1 heterocycles. The molecule has 0 fully saturated rings. The van der Waals surface area contributed by atoms with Crippen LogP contribution in [0.3, 0.4) is 0 Å². The first-order valence-electron chi connectivity index (χ1n) is 5.41. The maximum atomic E-state index is 4.53. The largest absolute Gasteiger partial charge is 0.373 e. The van der Waals surface area contributed by atoms with E-state index in [4.69, 9.17) is 0 Å². The lowest BCUT2D eigenvalue weighted by atomic mass is 10.1. The van der Waals surface area contributed by atoms with Gasteiger partial charge < -0.3 is 10.2 Å². The van der Waals surface area contributed by atoms with Crippen molar-refractivity contribution in [2.24, 2.45) is 0 Å². The Kier molecular flexibility index (Phi) is 3.06. The Morgan fingerprint density at radius 1 is 1.19 bits per heavy atom. The standard InChI is InChI=1S/C13H17N3/c1-14-13-7-6-11-5-4-10(9-16(2)3)8-12(11)15-13/h4-8H,9H2,1-3H3,(H,14,15). The van der Waals surface area contributed by atoms with E-state index in [2.05, 4.69) is 53.6 Å². The second kappa shape index (κ2) is 4.49. The summed E-state index contributed by atoms with van der Waals surface area (Å²) >= 11 is 0. The first kappa shape index (κ1) is 10.9. The zero-order valence-electron chi connectivity index (χ0n) is 9.99. The molecule has 3 heteroatoms. The summed E-state index contributed by atoms with van der Waals surface area (Å²) in [4.78, 5) is 6.69. The Morgan fingerprint density at radius 3 is 2.62 bits per heavy atom. The zero-order valence-corrected chi connectivity index (χ0v) is 9.99. The molecule has 0 saturated heterocycles. The number of nitrogens with zero attached hydrogens (tertiary/aromatic N) is 2. The van der Waals surface area contributed by atoms with E-state index in [0.29, 0.717) is 0 Å². The zero-order chi connectivity index (χ0) is 11.5. The van der Waals surface area contributed by atoms with Gasteiger partial charge in [-0.1, -0.05) is 12.1 Å². The van der Waals surface area contributed by atoms with Crippen LogP contribution in [0, 0.1) is 0 Å². The fourth-order valence-electron chi connectivity index (χ4n) is 1.77. The van der Waals surface area contributed by atoms with Crippen LogP contribution < -0.4 is 5.32 Å². The van der Waals surface area contributed by atoms with E-state index < -0.39 is 0 Å². The van der Waals surface area contributed by atoms with Gasteiger partial charge in [0.15, 0.2) is 0 Å². The number of hydrogen-bond donors (Lipinski definition) is 1. The summed E-state index contributed by atoms with van der Waals surface area (Å²) in [7, 11) is 6.03. The number of aromatic nitrogens is 1. The lowest BCUT2D eigenvalue weighted by Gasteiger charge is -2.10. The number of benzene rings is 1. The van der Waals surface area contributed by atoms with E-state index in [-0.39, 0.29) is 0 Å². The third-order valence-corrected chi connectivity index (χ3v) is 2.51. The lowest BCUT2D eigenvalue weighted by Crippen LogP contribution is -2.10. The number of fused-ring (bicyclic) bond motifs is 1. The van der Waals surface area contributed by atoms with Crippen molar-refractivity contribution in [3.63, 3.8) is 0 Å². The quantitative estimate of drug-likeness (QED) is 0.851. The van der Waals surface area contributed by atoms with Crippen LogP contribution >= 0.6 is 0 Å². The average Bonchev–Trinajstić information content (AvgIpc) is 2.27. The van der Waals surface area contributed by atoms with Crippen molar-refractivity contribution in [1.82, 2.24) is 9.88 Å². The second-order valence-electron chi connectivity index (χ2n) is 4.21. The van der Waals surface area contributed by atoms with Crippen molar-refractivity contribution in [2.75, 3.05) is 26.5 Å². The molecular formula is C13H17N3. The molecule has 0 amide bonds. The summed E-state index contributed by atoms with van der Waals surface area (Å²) in [6.07, 6.45) is 0. The summed E-state index contributed by atoms with van der Waals surface area (Å²) in [5, 5.41) is 4.24. The number of pyridine rings is 1. The molecule has 3 nitrogen and oxygen atoms in total. The highest BCUT2D eigenvalue weighted by Crippen LogP contribution is 2.17.